The summed E-state index contributed by atoms with van der Waals surface area (Å²) in [6.07, 6.45) is 5.01. The third-order valence-corrected chi connectivity index (χ3v) is 6.27. The number of hydrogen-bond acceptors (Lipinski definition) is 5. The molecule has 170 valence electrons. The molecule has 6 nitrogen and oxygen atoms in total. The Labute approximate surface area is 206 Å². The number of halogens is 1. The molecule has 0 saturated heterocycles. The van der Waals surface area contributed by atoms with Crippen LogP contribution in [0.2, 0.25) is 0 Å². The van der Waals surface area contributed by atoms with Crippen molar-refractivity contribution in [2.45, 2.75) is 25.8 Å². The number of pyridine rings is 1. The molecule has 7 heteroatoms. The first-order valence-corrected chi connectivity index (χ1v) is 12.0. The van der Waals surface area contributed by atoms with Crippen molar-refractivity contribution in [1.29, 1.82) is 0 Å². The minimum Gasteiger partial charge on any atom is -0.462 e. The predicted octanol–water partition coefficient (Wildman–Crippen LogP) is 5.87. The van der Waals surface area contributed by atoms with Gasteiger partial charge in [-0.15, -0.1) is 0 Å². The van der Waals surface area contributed by atoms with Crippen molar-refractivity contribution in [2.24, 2.45) is 4.99 Å². The van der Waals surface area contributed by atoms with Gasteiger partial charge in [0.1, 0.15) is 11.9 Å². The van der Waals surface area contributed by atoms with Gasteiger partial charge in [-0.2, -0.15) is 0 Å². The molecular formula is C27H23BrN4O2. The number of carbonyl (C=O) groups excluding carboxylic acids is 1. The molecule has 2 aromatic heterocycles. The van der Waals surface area contributed by atoms with Crippen LogP contribution in [0, 0.1) is 6.92 Å². The van der Waals surface area contributed by atoms with Gasteiger partial charge in [0.05, 0.1) is 29.3 Å². The average Bonchev–Trinajstić information content (AvgIpc) is 3.19. The highest BCUT2D eigenvalue weighted by Crippen LogP contribution is 2.34. The minimum atomic E-state index is -0.311. The third kappa shape index (κ3) is 4.43. The van der Waals surface area contributed by atoms with E-state index in [1.54, 1.807) is 18.3 Å². The molecule has 0 radical (unpaired) electrons. The molecule has 4 aromatic rings. The number of ether oxygens (including phenoxy) is 1. The maximum absolute atomic E-state index is 12.3. The lowest BCUT2D eigenvalue weighted by Crippen LogP contribution is -2.10. The van der Waals surface area contributed by atoms with Gasteiger partial charge in [-0.25, -0.2) is 9.78 Å². The lowest BCUT2D eigenvalue weighted by molar-refractivity contribution is 0.0496. The van der Waals surface area contributed by atoms with Crippen molar-refractivity contribution in [1.82, 2.24) is 14.5 Å². The van der Waals surface area contributed by atoms with Crippen LogP contribution < -0.4 is 0 Å². The number of fused-ring (bicyclic) bond motifs is 3. The van der Waals surface area contributed by atoms with E-state index in [9.17, 15) is 4.79 Å². The van der Waals surface area contributed by atoms with Gasteiger partial charge in [0.2, 0.25) is 0 Å². The predicted molar refractivity (Wildman–Crippen MR) is 135 cm³/mol. The number of hydrogen-bond donors (Lipinski definition) is 0. The molecule has 0 amide bonds. The van der Waals surface area contributed by atoms with Crippen LogP contribution in [-0.2, 0) is 4.74 Å². The number of aryl methyl sites for hydroxylation is 1. The summed E-state index contributed by atoms with van der Waals surface area (Å²) >= 11 is 3.62. The van der Waals surface area contributed by atoms with Gasteiger partial charge in [-0.05, 0) is 62.2 Å². The zero-order valence-corrected chi connectivity index (χ0v) is 20.3. The van der Waals surface area contributed by atoms with E-state index in [0.717, 1.165) is 38.6 Å². The Hall–Kier alpha value is -3.58. The number of carbonyl (C=O) groups is 1. The van der Waals surface area contributed by atoms with Crippen molar-refractivity contribution in [3.63, 3.8) is 0 Å². The molecule has 34 heavy (non-hydrogen) atoms. The van der Waals surface area contributed by atoms with Crippen molar-refractivity contribution < 1.29 is 9.53 Å². The highest BCUT2D eigenvalue weighted by molar-refractivity contribution is 9.10. The first-order valence-electron chi connectivity index (χ1n) is 11.2. The SMILES string of the molecule is Cc1cnc2n1-c1ccc(Br)cc1C(c1ccccn1)=N[C@H]2CCCOC(=O)c1ccccc1. The van der Waals surface area contributed by atoms with Gasteiger partial charge < -0.3 is 4.74 Å². The molecule has 1 aliphatic rings. The average molecular weight is 515 g/mol. The standard InChI is InChI=1S/C27H23BrN4O2/c1-18-17-30-26-23(11-7-15-34-27(33)19-8-3-2-4-9-19)31-25(22-10-5-6-14-29-22)21-16-20(28)12-13-24(21)32(18)26/h2-6,8-10,12-14,16-17,23H,7,11,15H2,1H3/t23-/m0/s1. The van der Waals surface area contributed by atoms with E-state index in [2.05, 4.69) is 37.6 Å². The van der Waals surface area contributed by atoms with Crippen LogP contribution in [0.3, 0.4) is 0 Å². The van der Waals surface area contributed by atoms with Crippen molar-refractivity contribution in [2.75, 3.05) is 6.61 Å². The Bertz CT molecular complexity index is 1350. The largest absolute Gasteiger partial charge is 0.462 e. The summed E-state index contributed by atoms with van der Waals surface area (Å²) < 4.78 is 8.64. The molecule has 1 aliphatic heterocycles. The second-order valence-corrected chi connectivity index (χ2v) is 9.02. The highest BCUT2D eigenvalue weighted by Gasteiger charge is 2.27. The van der Waals surface area contributed by atoms with Crippen LogP contribution in [-0.4, -0.2) is 32.8 Å². The molecular weight excluding hydrogens is 492 g/mol. The van der Waals surface area contributed by atoms with E-state index in [1.165, 1.54) is 0 Å². The van der Waals surface area contributed by atoms with Crippen LogP contribution in [0.4, 0.5) is 0 Å². The third-order valence-electron chi connectivity index (χ3n) is 5.78. The Morgan fingerprint density at radius 3 is 2.68 bits per heavy atom. The second-order valence-electron chi connectivity index (χ2n) is 8.11. The monoisotopic (exact) mass is 514 g/mol. The molecule has 0 saturated carbocycles. The summed E-state index contributed by atoms with van der Waals surface area (Å²) in [4.78, 5) is 26.8. The molecule has 0 bridgehead atoms. The number of esters is 1. The van der Waals surface area contributed by atoms with Gasteiger partial charge in [0, 0.05) is 28.1 Å². The molecule has 5 rings (SSSR count). The summed E-state index contributed by atoms with van der Waals surface area (Å²) in [5.41, 5.74) is 5.25. The maximum atomic E-state index is 12.3. The maximum Gasteiger partial charge on any atom is 0.338 e. The molecule has 0 aliphatic carbocycles. The lowest BCUT2D eigenvalue weighted by Gasteiger charge is -2.14. The molecule has 3 heterocycles. The zero-order valence-electron chi connectivity index (χ0n) is 18.7. The van der Waals surface area contributed by atoms with E-state index in [4.69, 9.17) is 14.7 Å². The summed E-state index contributed by atoms with van der Waals surface area (Å²) in [6.45, 7) is 2.36. The zero-order chi connectivity index (χ0) is 23.5. The van der Waals surface area contributed by atoms with Gasteiger partial charge in [-0.1, -0.05) is 40.2 Å². The van der Waals surface area contributed by atoms with E-state index in [1.807, 2.05) is 55.6 Å². The number of nitrogens with zero attached hydrogens (tertiary/aromatic N) is 4. The van der Waals surface area contributed by atoms with Gasteiger partial charge in [-0.3, -0.25) is 14.5 Å². The highest BCUT2D eigenvalue weighted by atomic mass is 79.9. The molecule has 0 N–H and O–H groups in total. The molecule has 0 unspecified atom stereocenters. The van der Waals surface area contributed by atoms with Crippen LogP contribution in [0.5, 0.6) is 0 Å². The van der Waals surface area contributed by atoms with Crippen LogP contribution in [0.15, 0.2) is 88.6 Å². The number of benzene rings is 2. The fourth-order valence-corrected chi connectivity index (χ4v) is 4.54. The smallest absolute Gasteiger partial charge is 0.338 e. The number of imidazole rings is 1. The summed E-state index contributed by atoms with van der Waals surface area (Å²) in [6, 6.07) is 20.9. The van der Waals surface area contributed by atoms with E-state index in [0.29, 0.717) is 25.0 Å². The Kier molecular flexibility index (Phi) is 6.36. The van der Waals surface area contributed by atoms with Crippen LogP contribution in [0.25, 0.3) is 5.69 Å². The second kappa shape index (κ2) is 9.73. The van der Waals surface area contributed by atoms with Crippen LogP contribution >= 0.6 is 15.9 Å². The molecule has 0 fully saturated rings. The Balaban J connectivity index is 1.45. The first-order chi connectivity index (χ1) is 16.6. The fraction of sp³-hybridized carbons (Fsp3) is 0.185. The van der Waals surface area contributed by atoms with Gasteiger partial charge in [0.15, 0.2) is 0 Å². The van der Waals surface area contributed by atoms with Crippen LogP contribution in [0.1, 0.15) is 52.0 Å². The Morgan fingerprint density at radius 2 is 1.88 bits per heavy atom. The molecule has 0 spiro atoms. The lowest BCUT2D eigenvalue weighted by atomic mass is 10.0. The van der Waals surface area contributed by atoms with Gasteiger partial charge in [0.25, 0.3) is 0 Å². The van der Waals surface area contributed by atoms with Gasteiger partial charge >= 0.3 is 5.97 Å². The van der Waals surface area contributed by atoms with E-state index >= 15 is 0 Å². The first kappa shape index (κ1) is 22.2. The van der Waals surface area contributed by atoms with Crippen molar-refractivity contribution in [3.8, 4) is 5.69 Å². The molecule has 2 aromatic carbocycles. The number of rotatable bonds is 6. The van der Waals surface area contributed by atoms with Crippen molar-refractivity contribution >= 4 is 27.6 Å². The topological polar surface area (TPSA) is 69.4 Å². The summed E-state index contributed by atoms with van der Waals surface area (Å²) in [5.74, 6) is 0.565. The van der Waals surface area contributed by atoms with E-state index in [-0.39, 0.29) is 12.0 Å². The summed E-state index contributed by atoms with van der Waals surface area (Å²) in [5, 5.41) is 0. The number of aliphatic imine (C=N–C) groups is 1. The fourth-order valence-electron chi connectivity index (χ4n) is 4.18. The molecule has 1 atom stereocenters. The minimum absolute atomic E-state index is 0.202. The quantitative estimate of drug-likeness (QED) is 0.238. The summed E-state index contributed by atoms with van der Waals surface area (Å²) in [7, 11) is 0. The normalized spacial score (nSPS) is 14.5. The Morgan fingerprint density at radius 1 is 1.06 bits per heavy atom. The number of aromatic nitrogens is 3. The van der Waals surface area contributed by atoms with E-state index < -0.39 is 0 Å². The van der Waals surface area contributed by atoms with Crippen molar-refractivity contribution in [3.05, 3.63) is 112 Å².